The van der Waals surface area contributed by atoms with Crippen LogP contribution in [-0.2, 0) is 0 Å². The molecule has 0 spiro atoms. The van der Waals surface area contributed by atoms with Crippen molar-refractivity contribution in [2.75, 3.05) is 0 Å². The average Bonchev–Trinajstić information content (AvgIpc) is 3.28. The van der Waals surface area contributed by atoms with E-state index in [1.54, 1.807) is 0 Å². The monoisotopic (exact) mass is 708 g/mol. The first-order valence-corrected chi connectivity index (χ1v) is 19.4. The minimum Gasteiger partial charge on any atom is -0.0622 e. The van der Waals surface area contributed by atoms with Gasteiger partial charge in [-0.05, 0) is 116 Å². The Bertz CT molecular complexity index is 3200. The molecule has 0 heterocycles. The fourth-order valence-corrected chi connectivity index (χ4v) is 9.19. The molecule has 11 rings (SSSR count). The van der Waals surface area contributed by atoms with Gasteiger partial charge in [0.2, 0.25) is 0 Å². The minimum absolute atomic E-state index is 1.21. The Labute approximate surface area is 326 Å². The van der Waals surface area contributed by atoms with Crippen LogP contribution in [0.1, 0.15) is 0 Å². The summed E-state index contributed by atoms with van der Waals surface area (Å²) in [7, 11) is 0. The first-order valence-electron chi connectivity index (χ1n) is 19.4. The van der Waals surface area contributed by atoms with Crippen LogP contribution in [0.4, 0.5) is 0 Å². The van der Waals surface area contributed by atoms with Crippen molar-refractivity contribution >= 4 is 53.9 Å². The molecule has 0 heteroatoms. The quantitative estimate of drug-likeness (QED) is 0.156. The summed E-state index contributed by atoms with van der Waals surface area (Å²) < 4.78 is 0. The van der Waals surface area contributed by atoms with Gasteiger partial charge in [0.1, 0.15) is 0 Å². The molecule has 0 amide bonds. The lowest BCUT2D eigenvalue weighted by Crippen LogP contribution is -1.93. The fourth-order valence-electron chi connectivity index (χ4n) is 9.19. The fraction of sp³-hybridized carbons (Fsp3) is 0. The highest BCUT2D eigenvalue weighted by molar-refractivity contribution is 6.24. The highest BCUT2D eigenvalue weighted by Crippen LogP contribution is 2.48. The van der Waals surface area contributed by atoms with Gasteiger partial charge in [-0.25, -0.2) is 0 Å². The largest absolute Gasteiger partial charge is 0.0622 e. The molecule has 260 valence electrons. The maximum atomic E-state index is 2.40. The highest BCUT2D eigenvalue weighted by atomic mass is 14.2. The first-order chi connectivity index (χ1) is 27.8. The molecular formula is C56H36. The van der Waals surface area contributed by atoms with E-state index in [1.807, 2.05) is 0 Å². The summed E-state index contributed by atoms with van der Waals surface area (Å²) in [5, 5.41) is 12.6. The molecule has 0 aliphatic heterocycles. The summed E-state index contributed by atoms with van der Waals surface area (Å²) in [6.45, 7) is 0. The van der Waals surface area contributed by atoms with Crippen molar-refractivity contribution in [1.82, 2.24) is 0 Å². The minimum atomic E-state index is 1.21. The molecule has 0 aromatic heterocycles. The van der Waals surface area contributed by atoms with E-state index in [4.69, 9.17) is 0 Å². The molecule has 0 atom stereocenters. The first kappa shape index (κ1) is 32.2. The number of hydrogen-bond acceptors (Lipinski definition) is 0. The van der Waals surface area contributed by atoms with Crippen LogP contribution in [0.3, 0.4) is 0 Å². The van der Waals surface area contributed by atoms with Gasteiger partial charge in [-0.1, -0.05) is 212 Å². The van der Waals surface area contributed by atoms with Crippen LogP contribution in [-0.4, -0.2) is 0 Å². The maximum absolute atomic E-state index is 2.40. The normalized spacial score (nSPS) is 11.6. The molecule has 56 heavy (non-hydrogen) atoms. The topological polar surface area (TPSA) is 0 Å². The lowest BCUT2D eigenvalue weighted by molar-refractivity contribution is 1.62. The Kier molecular flexibility index (Phi) is 7.60. The summed E-state index contributed by atoms with van der Waals surface area (Å²) in [5.41, 5.74) is 12.5. The zero-order chi connectivity index (χ0) is 37.0. The van der Waals surface area contributed by atoms with E-state index in [1.165, 1.54) is 109 Å². The summed E-state index contributed by atoms with van der Waals surface area (Å²) >= 11 is 0. The van der Waals surface area contributed by atoms with Crippen molar-refractivity contribution in [3.05, 3.63) is 218 Å². The maximum Gasteiger partial charge on any atom is -0.00201 e. The van der Waals surface area contributed by atoms with Gasteiger partial charge in [-0.2, -0.15) is 0 Å². The Morgan fingerprint density at radius 2 is 0.536 bits per heavy atom. The molecule has 0 unspecified atom stereocenters. The van der Waals surface area contributed by atoms with E-state index in [2.05, 4.69) is 218 Å². The van der Waals surface area contributed by atoms with Gasteiger partial charge in [0.05, 0.1) is 0 Å². The zero-order valence-corrected chi connectivity index (χ0v) is 30.8. The molecule has 11 aromatic rings. The van der Waals surface area contributed by atoms with Gasteiger partial charge in [-0.15, -0.1) is 0 Å². The number of hydrogen-bond donors (Lipinski definition) is 0. The van der Waals surface area contributed by atoms with Crippen LogP contribution in [0, 0.1) is 0 Å². The molecule has 0 saturated heterocycles. The van der Waals surface area contributed by atoms with Crippen molar-refractivity contribution in [1.29, 1.82) is 0 Å². The van der Waals surface area contributed by atoms with E-state index >= 15 is 0 Å². The SMILES string of the molecule is c1ccc(-c2ccc3c(-c4ccc(-c5c6ccccc6c(-c6cccc7ccccc67)c6ccccc56)cc4)c4ccccc4c(-c4ccccc4)c3c2)cc1. The van der Waals surface area contributed by atoms with Crippen LogP contribution in [0.15, 0.2) is 218 Å². The second-order valence-electron chi connectivity index (χ2n) is 14.7. The van der Waals surface area contributed by atoms with E-state index < -0.39 is 0 Å². The lowest BCUT2D eigenvalue weighted by atomic mass is 9.83. The predicted octanol–water partition coefficient (Wildman–Crippen LogP) is 15.8. The van der Waals surface area contributed by atoms with Crippen LogP contribution in [0.5, 0.6) is 0 Å². The van der Waals surface area contributed by atoms with Crippen molar-refractivity contribution in [3.8, 4) is 55.6 Å². The summed E-state index contributed by atoms with van der Waals surface area (Å²) in [6, 6.07) is 80.2. The molecule has 0 bridgehead atoms. The summed E-state index contributed by atoms with van der Waals surface area (Å²) in [6.07, 6.45) is 0. The third-order valence-electron chi connectivity index (χ3n) is 11.6. The molecule has 0 aliphatic carbocycles. The smallest absolute Gasteiger partial charge is 0.00201 e. The zero-order valence-electron chi connectivity index (χ0n) is 30.8. The number of fused-ring (bicyclic) bond motifs is 5. The Morgan fingerprint density at radius 3 is 1.07 bits per heavy atom. The van der Waals surface area contributed by atoms with Gasteiger partial charge in [0.15, 0.2) is 0 Å². The average molecular weight is 709 g/mol. The Hall–Kier alpha value is -7.28. The molecule has 0 fully saturated rings. The third-order valence-corrected chi connectivity index (χ3v) is 11.6. The number of rotatable bonds is 5. The van der Waals surface area contributed by atoms with Gasteiger partial charge >= 0.3 is 0 Å². The number of benzene rings is 11. The summed E-state index contributed by atoms with van der Waals surface area (Å²) in [5.74, 6) is 0. The summed E-state index contributed by atoms with van der Waals surface area (Å²) in [4.78, 5) is 0. The lowest BCUT2D eigenvalue weighted by Gasteiger charge is -2.20. The second-order valence-corrected chi connectivity index (χ2v) is 14.7. The van der Waals surface area contributed by atoms with E-state index in [-0.39, 0.29) is 0 Å². The van der Waals surface area contributed by atoms with E-state index in [0.29, 0.717) is 0 Å². The van der Waals surface area contributed by atoms with Crippen molar-refractivity contribution in [2.24, 2.45) is 0 Å². The second kappa shape index (κ2) is 13.2. The van der Waals surface area contributed by atoms with Gasteiger partial charge < -0.3 is 0 Å². The predicted molar refractivity (Wildman–Crippen MR) is 241 cm³/mol. The van der Waals surface area contributed by atoms with Crippen molar-refractivity contribution < 1.29 is 0 Å². The molecule has 0 saturated carbocycles. The molecule has 11 aromatic carbocycles. The highest BCUT2D eigenvalue weighted by Gasteiger charge is 2.20. The van der Waals surface area contributed by atoms with Gasteiger partial charge in [0.25, 0.3) is 0 Å². The van der Waals surface area contributed by atoms with Crippen LogP contribution >= 0.6 is 0 Å². The Balaban J connectivity index is 1.14. The third kappa shape index (κ3) is 5.15. The molecule has 0 aliphatic rings. The molecule has 0 radical (unpaired) electrons. The molecular weight excluding hydrogens is 673 g/mol. The van der Waals surface area contributed by atoms with Crippen LogP contribution in [0.25, 0.3) is 109 Å². The standard InChI is InChI=1S/C56H36/c1-3-16-37(17-4-1)42-34-35-51-52(36-42)55(39-19-5-2-6-20-39)46-24-10-9-23-45(46)54(51)41-32-30-40(31-33-41)53-47-25-11-13-27-49(47)56(50-28-14-12-26-48(50)53)44-29-15-21-38-18-7-8-22-43(38)44/h1-36H. The molecule has 0 nitrogen and oxygen atoms in total. The van der Waals surface area contributed by atoms with Crippen LogP contribution < -0.4 is 0 Å². The van der Waals surface area contributed by atoms with Crippen molar-refractivity contribution in [2.45, 2.75) is 0 Å². The van der Waals surface area contributed by atoms with Crippen LogP contribution in [0.2, 0.25) is 0 Å². The molecule has 0 N–H and O–H groups in total. The van der Waals surface area contributed by atoms with Gasteiger partial charge in [0, 0.05) is 0 Å². The van der Waals surface area contributed by atoms with E-state index in [0.717, 1.165) is 0 Å². The van der Waals surface area contributed by atoms with E-state index in [9.17, 15) is 0 Å². The van der Waals surface area contributed by atoms with Gasteiger partial charge in [-0.3, -0.25) is 0 Å². The van der Waals surface area contributed by atoms with Crippen molar-refractivity contribution in [3.63, 3.8) is 0 Å². The Morgan fingerprint density at radius 1 is 0.179 bits per heavy atom.